The lowest BCUT2D eigenvalue weighted by Crippen LogP contribution is -2.35. The van der Waals surface area contributed by atoms with Gasteiger partial charge in [-0.3, -0.25) is 0 Å². The zero-order valence-corrected chi connectivity index (χ0v) is 11.1. The molecule has 1 aromatic heterocycles. The van der Waals surface area contributed by atoms with Crippen molar-refractivity contribution in [2.45, 2.75) is 16.7 Å². The van der Waals surface area contributed by atoms with Gasteiger partial charge in [0.1, 0.15) is 4.21 Å². The van der Waals surface area contributed by atoms with Crippen molar-refractivity contribution in [1.82, 2.24) is 10.0 Å². The summed E-state index contributed by atoms with van der Waals surface area (Å²) in [5, 5.41) is 4.88. The maximum Gasteiger partial charge on any atom is 0.251 e. The van der Waals surface area contributed by atoms with Crippen LogP contribution >= 0.6 is 27.3 Å². The molecule has 1 saturated heterocycles. The number of nitrogens with one attached hydrogen (secondary N) is 2. The number of thiophene rings is 1. The molecule has 0 spiro atoms. The molecule has 1 aliphatic heterocycles. The standard InChI is InChI=1S/C8H11BrN2O2S2/c9-7-2-4-14-8(7)15(12,13)11-6-1-3-10-5-6/h2,4,6,10-11H,1,3,5H2. The lowest BCUT2D eigenvalue weighted by atomic mass is 10.3. The first-order valence-corrected chi connectivity index (χ1v) is 7.71. The van der Waals surface area contributed by atoms with Crippen molar-refractivity contribution in [3.8, 4) is 0 Å². The van der Waals surface area contributed by atoms with Gasteiger partial charge >= 0.3 is 0 Å². The number of hydrogen-bond donors (Lipinski definition) is 2. The molecule has 2 N–H and O–H groups in total. The summed E-state index contributed by atoms with van der Waals surface area (Å²) in [7, 11) is -3.35. The third-order valence-corrected chi connectivity index (χ3v) is 6.40. The number of sulfonamides is 1. The van der Waals surface area contributed by atoms with Gasteiger partial charge in [0.05, 0.1) is 0 Å². The average molecular weight is 311 g/mol. The van der Waals surface area contributed by atoms with Crippen LogP contribution in [-0.4, -0.2) is 27.5 Å². The maximum absolute atomic E-state index is 11.9. The van der Waals surface area contributed by atoms with Crippen molar-refractivity contribution in [2.24, 2.45) is 0 Å². The van der Waals surface area contributed by atoms with E-state index in [9.17, 15) is 8.42 Å². The first-order chi connectivity index (χ1) is 7.09. The first-order valence-electron chi connectivity index (χ1n) is 4.55. The number of hydrogen-bond acceptors (Lipinski definition) is 4. The zero-order valence-electron chi connectivity index (χ0n) is 7.86. The highest BCUT2D eigenvalue weighted by Gasteiger charge is 2.25. The first kappa shape index (κ1) is 11.5. The Balaban J connectivity index is 2.16. The molecule has 2 rings (SSSR count). The van der Waals surface area contributed by atoms with Crippen LogP contribution in [0.1, 0.15) is 6.42 Å². The predicted molar refractivity (Wildman–Crippen MR) is 63.6 cm³/mol. The summed E-state index contributed by atoms with van der Waals surface area (Å²) in [6.07, 6.45) is 0.849. The van der Waals surface area contributed by atoms with Crippen molar-refractivity contribution in [3.63, 3.8) is 0 Å². The van der Waals surface area contributed by atoms with Gasteiger partial charge in [-0.2, -0.15) is 0 Å². The fourth-order valence-corrected chi connectivity index (χ4v) is 5.12. The van der Waals surface area contributed by atoms with Crippen molar-refractivity contribution in [2.75, 3.05) is 13.1 Å². The van der Waals surface area contributed by atoms with Crippen LogP contribution in [0.15, 0.2) is 20.1 Å². The van der Waals surface area contributed by atoms with Crippen LogP contribution in [0.2, 0.25) is 0 Å². The summed E-state index contributed by atoms with van der Waals surface area (Å²) in [5.41, 5.74) is 0. The third-order valence-electron chi connectivity index (χ3n) is 2.21. The summed E-state index contributed by atoms with van der Waals surface area (Å²) in [4.78, 5) is 0. The molecular formula is C8H11BrN2O2S2. The molecule has 1 fully saturated rings. The lowest BCUT2D eigenvalue weighted by Gasteiger charge is -2.10. The fourth-order valence-electron chi connectivity index (χ4n) is 1.50. The molecule has 2 heterocycles. The van der Waals surface area contributed by atoms with Crippen LogP contribution in [0.25, 0.3) is 0 Å². The van der Waals surface area contributed by atoms with E-state index in [4.69, 9.17) is 0 Å². The van der Waals surface area contributed by atoms with E-state index in [-0.39, 0.29) is 6.04 Å². The molecule has 1 aliphatic rings. The highest BCUT2D eigenvalue weighted by Crippen LogP contribution is 2.27. The Kier molecular flexibility index (Phi) is 3.46. The van der Waals surface area contributed by atoms with Crippen LogP contribution in [0.3, 0.4) is 0 Å². The molecule has 0 aliphatic carbocycles. The van der Waals surface area contributed by atoms with E-state index in [0.29, 0.717) is 15.2 Å². The molecule has 0 amide bonds. The second-order valence-corrected chi connectivity index (χ2v) is 7.05. The second kappa shape index (κ2) is 4.50. The summed E-state index contributed by atoms with van der Waals surface area (Å²) in [6.45, 7) is 1.58. The van der Waals surface area contributed by atoms with Gasteiger partial charge in [-0.25, -0.2) is 13.1 Å². The SMILES string of the molecule is O=S(=O)(NC1CCNC1)c1sccc1Br. The highest BCUT2D eigenvalue weighted by molar-refractivity contribution is 9.10. The number of halogens is 1. The molecule has 0 aromatic carbocycles. The van der Waals surface area contributed by atoms with Crippen LogP contribution in [0, 0.1) is 0 Å². The predicted octanol–water partition coefficient (Wildman–Crippen LogP) is 1.15. The molecule has 0 radical (unpaired) electrons. The minimum Gasteiger partial charge on any atom is -0.315 e. The van der Waals surface area contributed by atoms with E-state index >= 15 is 0 Å². The molecule has 15 heavy (non-hydrogen) atoms. The van der Waals surface area contributed by atoms with E-state index in [2.05, 4.69) is 26.0 Å². The van der Waals surface area contributed by atoms with E-state index in [0.717, 1.165) is 13.0 Å². The maximum atomic E-state index is 11.9. The van der Waals surface area contributed by atoms with Crippen LogP contribution in [0.5, 0.6) is 0 Å². The van der Waals surface area contributed by atoms with Crippen molar-refractivity contribution >= 4 is 37.3 Å². The Labute approximate surface area is 101 Å². The topological polar surface area (TPSA) is 58.2 Å². The summed E-state index contributed by atoms with van der Waals surface area (Å²) < 4.78 is 27.5. The largest absolute Gasteiger partial charge is 0.315 e. The molecule has 84 valence electrons. The Morgan fingerprint density at radius 1 is 1.60 bits per heavy atom. The van der Waals surface area contributed by atoms with E-state index < -0.39 is 10.0 Å². The quantitative estimate of drug-likeness (QED) is 0.880. The summed E-state index contributed by atoms with van der Waals surface area (Å²) >= 11 is 4.45. The Morgan fingerprint density at radius 3 is 2.93 bits per heavy atom. The lowest BCUT2D eigenvalue weighted by molar-refractivity contribution is 0.562. The Morgan fingerprint density at radius 2 is 2.40 bits per heavy atom. The van der Waals surface area contributed by atoms with Crippen LogP contribution in [-0.2, 0) is 10.0 Å². The molecule has 0 bridgehead atoms. The van der Waals surface area contributed by atoms with Gasteiger partial charge in [-0.05, 0) is 40.3 Å². The zero-order chi connectivity index (χ0) is 10.9. The second-order valence-electron chi connectivity index (χ2n) is 3.37. The van der Waals surface area contributed by atoms with Crippen molar-refractivity contribution < 1.29 is 8.42 Å². The van der Waals surface area contributed by atoms with E-state index in [1.165, 1.54) is 11.3 Å². The molecule has 1 aromatic rings. The molecular weight excluding hydrogens is 300 g/mol. The van der Waals surface area contributed by atoms with Gasteiger partial charge in [0.25, 0.3) is 10.0 Å². The van der Waals surface area contributed by atoms with E-state index in [1.807, 2.05) is 0 Å². The van der Waals surface area contributed by atoms with Crippen molar-refractivity contribution in [1.29, 1.82) is 0 Å². The van der Waals surface area contributed by atoms with Gasteiger partial charge in [-0.1, -0.05) is 0 Å². The smallest absolute Gasteiger partial charge is 0.251 e. The van der Waals surface area contributed by atoms with Gasteiger partial charge in [0, 0.05) is 17.1 Å². The van der Waals surface area contributed by atoms with Gasteiger partial charge < -0.3 is 5.32 Å². The minimum atomic E-state index is -3.35. The third kappa shape index (κ3) is 2.59. The van der Waals surface area contributed by atoms with Gasteiger partial charge in [0.2, 0.25) is 0 Å². The molecule has 0 saturated carbocycles. The van der Waals surface area contributed by atoms with Crippen LogP contribution < -0.4 is 10.0 Å². The average Bonchev–Trinajstić information content (AvgIpc) is 2.75. The monoisotopic (exact) mass is 310 g/mol. The summed E-state index contributed by atoms with van der Waals surface area (Å²) in [6, 6.07) is 1.76. The Bertz CT molecular complexity index is 437. The van der Waals surface area contributed by atoms with Crippen LogP contribution in [0.4, 0.5) is 0 Å². The molecule has 7 heteroatoms. The fraction of sp³-hybridized carbons (Fsp3) is 0.500. The Hall–Kier alpha value is 0.0500. The molecule has 4 nitrogen and oxygen atoms in total. The highest BCUT2D eigenvalue weighted by atomic mass is 79.9. The van der Waals surface area contributed by atoms with Gasteiger partial charge in [-0.15, -0.1) is 11.3 Å². The van der Waals surface area contributed by atoms with Gasteiger partial charge in [0.15, 0.2) is 0 Å². The van der Waals surface area contributed by atoms with Crippen molar-refractivity contribution in [3.05, 3.63) is 15.9 Å². The minimum absolute atomic E-state index is 0.0176. The van der Waals surface area contributed by atoms with E-state index in [1.54, 1.807) is 11.4 Å². The summed E-state index contributed by atoms with van der Waals surface area (Å²) in [5.74, 6) is 0. The number of rotatable bonds is 3. The molecule has 1 atom stereocenters. The molecule has 1 unspecified atom stereocenters. The normalized spacial score (nSPS) is 22.1.